The van der Waals surface area contributed by atoms with Crippen molar-refractivity contribution in [1.29, 1.82) is 0 Å². The fourth-order valence-corrected chi connectivity index (χ4v) is 3.19. The number of hydrogen-bond acceptors (Lipinski definition) is 6. The number of allylic oxidation sites excluding steroid dienone is 2. The second-order valence-electron chi connectivity index (χ2n) is 9.26. The molecule has 164 valence electrons. The third-order valence-electron chi connectivity index (χ3n) is 4.45. The zero-order chi connectivity index (χ0) is 22.4. The van der Waals surface area contributed by atoms with Gasteiger partial charge in [0.2, 0.25) is 0 Å². The number of aliphatic hydroxyl groups excluding tert-OH is 1. The fraction of sp³-hybridized carbons (Fsp3) is 0.714. The van der Waals surface area contributed by atoms with E-state index >= 15 is 0 Å². The molecular formula is C21H34N2O6. The predicted molar refractivity (Wildman–Crippen MR) is 110 cm³/mol. The summed E-state index contributed by atoms with van der Waals surface area (Å²) in [6.45, 7) is 11.1. The second-order valence-corrected chi connectivity index (χ2v) is 9.26. The summed E-state index contributed by atoms with van der Waals surface area (Å²) in [5.74, 6) is -1.14. The molecule has 0 saturated carbocycles. The van der Waals surface area contributed by atoms with E-state index in [9.17, 15) is 24.6 Å². The molecule has 8 heteroatoms. The van der Waals surface area contributed by atoms with E-state index in [1.54, 1.807) is 27.7 Å². The lowest BCUT2D eigenvalue weighted by atomic mass is 9.76. The van der Waals surface area contributed by atoms with Gasteiger partial charge in [-0.2, -0.15) is 0 Å². The summed E-state index contributed by atoms with van der Waals surface area (Å²) in [6, 6.07) is -1.04. The summed E-state index contributed by atoms with van der Waals surface area (Å²) in [5.41, 5.74) is -0.146. The van der Waals surface area contributed by atoms with E-state index in [4.69, 9.17) is 4.74 Å². The van der Waals surface area contributed by atoms with E-state index in [0.29, 0.717) is 43.5 Å². The number of rotatable bonds is 8. The lowest BCUT2D eigenvalue weighted by Crippen LogP contribution is -2.43. The molecule has 0 saturated heterocycles. The van der Waals surface area contributed by atoms with Crippen molar-refractivity contribution in [3.05, 3.63) is 11.3 Å². The van der Waals surface area contributed by atoms with E-state index in [1.807, 2.05) is 13.8 Å². The van der Waals surface area contributed by atoms with Crippen LogP contribution in [0.4, 0.5) is 4.79 Å². The number of ketones is 1. The van der Waals surface area contributed by atoms with Gasteiger partial charge in [0.1, 0.15) is 17.4 Å². The Morgan fingerprint density at radius 2 is 1.86 bits per heavy atom. The average molecular weight is 411 g/mol. The molecule has 1 aliphatic rings. The summed E-state index contributed by atoms with van der Waals surface area (Å²) in [6.07, 6.45) is 1.40. The first kappa shape index (κ1) is 24.7. The highest BCUT2D eigenvalue weighted by Gasteiger charge is 2.34. The van der Waals surface area contributed by atoms with E-state index in [2.05, 4.69) is 10.3 Å². The smallest absolute Gasteiger partial charge is 0.408 e. The number of amides is 1. The maximum Gasteiger partial charge on any atom is 0.408 e. The SMILES string of the molecule is CC(=NCCCC[C@H](NC(=O)OC(C)(C)C)C(=O)O)C1=C(O)CC(C)(C)CC1=O. The number of nitrogens with zero attached hydrogens (tertiary/aromatic N) is 1. The number of carbonyl (C=O) groups excluding carboxylic acids is 2. The van der Waals surface area contributed by atoms with Crippen molar-refractivity contribution >= 4 is 23.6 Å². The van der Waals surface area contributed by atoms with Gasteiger partial charge < -0.3 is 20.3 Å². The van der Waals surface area contributed by atoms with E-state index in [0.717, 1.165) is 0 Å². The van der Waals surface area contributed by atoms with Crippen molar-refractivity contribution in [2.45, 2.75) is 85.3 Å². The second kappa shape index (κ2) is 9.89. The zero-order valence-corrected chi connectivity index (χ0v) is 18.3. The number of hydrogen-bond donors (Lipinski definition) is 3. The van der Waals surface area contributed by atoms with Crippen molar-refractivity contribution < 1.29 is 29.3 Å². The van der Waals surface area contributed by atoms with Gasteiger partial charge in [-0.15, -0.1) is 0 Å². The standard InChI is InChI=1S/C21H34N2O6/c1-13(17-15(24)11-21(5,6)12-16(17)25)22-10-8-7-9-14(18(26)27)23-19(28)29-20(2,3)4/h14,24H,7-12H2,1-6H3,(H,23,28)(H,26,27)/t14-/m0/s1. The maximum atomic E-state index is 12.3. The molecule has 1 amide bonds. The van der Waals surface area contributed by atoms with Crippen LogP contribution >= 0.6 is 0 Å². The van der Waals surface area contributed by atoms with Gasteiger partial charge in [0.15, 0.2) is 5.78 Å². The number of carboxylic acids is 1. The Morgan fingerprint density at radius 1 is 1.24 bits per heavy atom. The largest absolute Gasteiger partial charge is 0.511 e. The van der Waals surface area contributed by atoms with Gasteiger partial charge in [0, 0.05) is 25.1 Å². The molecule has 0 spiro atoms. The quantitative estimate of drug-likeness (QED) is 0.413. The van der Waals surface area contributed by atoms with Crippen molar-refractivity contribution in [2.75, 3.05) is 6.54 Å². The number of aliphatic hydroxyl groups is 1. The van der Waals surface area contributed by atoms with E-state index in [-0.39, 0.29) is 23.4 Å². The first-order chi connectivity index (χ1) is 13.2. The summed E-state index contributed by atoms with van der Waals surface area (Å²) >= 11 is 0. The molecule has 1 rings (SSSR count). The van der Waals surface area contributed by atoms with Crippen LogP contribution < -0.4 is 5.32 Å². The fourth-order valence-electron chi connectivity index (χ4n) is 3.19. The summed E-state index contributed by atoms with van der Waals surface area (Å²) in [4.78, 5) is 39.8. The Bertz CT molecular complexity index is 700. The third-order valence-corrected chi connectivity index (χ3v) is 4.45. The number of Topliss-reactive ketones (excluding diaryl/α,β-unsaturated/α-hetero) is 1. The molecule has 0 radical (unpaired) electrons. The van der Waals surface area contributed by atoms with Crippen LogP contribution in [0.15, 0.2) is 16.3 Å². The normalized spacial score (nSPS) is 18.4. The minimum absolute atomic E-state index is 0.0833. The molecule has 0 aromatic carbocycles. The molecule has 1 atom stereocenters. The van der Waals surface area contributed by atoms with Crippen LogP contribution in [0.3, 0.4) is 0 Å². The van der Waals surface area contributed by atoms with Crippen molar-refractivity contribution in [3.8, 4) is 0 Å². The number of unbranched alkanes of at least 4 members (excludes halogenated alkanes) is 1. The Balaban J connectivity index is 2.54. The van der Waals surface area contributed by atoms with Crippen LogP contribution in [-0.4, -0.2) is 52.0 Å². The van der Waals surface area contributed by atoms with Gasteiger partial charge in [0.25, 0.3) is 0 Å². The molecule has 3 N–H and O–H groups in total. The molecule has 8 nitrogen and oxygen atoms in total. The molecule has 0 aromatic rings. The highest BCUT2D eigenvalue weighted by atomic mass is 16.6. The average Bonchev–Trinajstić information content (AvgIpc) is 2.49. The van der Waals surface area contributed by atoms with Crippen LogP contribution in [-0.2, 0) is 14.3 Å². The highest BCUT2D eigenvalue weighted by molar-refractivity contribution is 6.22. The van der Waals surface area contributed by atoms with Gasteiger partial charge in [-0.3, -0.25) is 9.79 Å². The Morgan fingerprint density at radius 3 is 2.38 bits per heavy atom. The number of carbonyl (C=O) groups is 3. The van der Waals surface area contributed by atoms with Gasteiger partial charge in [-0.05, 0) is 52.4 Å². The van der Waals surface area contributed by atoms with E-state index in [1.165, 1.54) is 0 Å². The molecule has 29 heavy (non-hydrogen) atoms. The number of nitrogens with one attached hydrogen (secondary N) is 1. The van der Waals surface area contributed by atoms with Crippen LogP contribution in [0.5, 0.6) is 0 Å². The number of alkyl carbamates (subject to hydrolysis) is 1. The topological polar surface area (TPSA) is 125 Å². The van der Waals surface area contributed by atoms with Gasteiger partial charge in [0.05, 0.1) is 5.57 Å². The predicted octanol–water partition coefficient (Wildman–Crippen LogP) is 3.80. The third kappa shape index (κ3) is 8.66. The maximum absolute atomic E-state index is 12.3. The molecule has 0 fully saturated rings. The van der Waals surface area contributed by atoms with Crippen molar-refractivity contribution in [1.82, 2.24) is 5.32 Å². The van der Waals surface area contributed by atoms with Crippen LogP contribution in [0, 0.1) is 5.41 Å². The summed E-state index contributed by atoms with van der Waals surface area (Å²) in [5, 5.41) is 21.8. The number of ether oxygens (including phenoxy) is 1. The highest BCUT2D eigenvalue weighted by Crippen LogP contribution is 2.36. The molecule has 0 bridgehead atoms. The molecule has 1 aliphatic carbocycles. The Labute approximate surface area is 172 Å². The van der Waals surface area contributed by atoms with Crippen LogP contribution in [0.25, 0.3) is 0 Å². The monoisotopic (exact) mass is 410 g/mol. The first-order valence-electron chi connectivity index (χ1n) is 9.91. The minimum atomic E-state index is -1.12. The zero-order valence-electron chi connectivity index (χ0n) is 18.3. The van der Waals surface area contributed by atoms with Crippen molar-refractivity contribution in [2.24, 2.45) is 10.4 Å². The summed E-state index contributed by atoms with van der Waals surface area (Å²) < 4.78 is 5.08. The van der Waals surface area contributed by atoms with Gasteiger partial charge in [-0.1, -0.05) is 13.8 Å². The first-order valence-corrected chi connectivity index (χ1v) is 9.91. The molecule has 0 unspecified atom stereocenters. The minimum Gasteiger partial charge on any atom is -0.511 e. The van der Waals surface area contributed by atoms with E-state index < -0.39 is 23.7 Å². The molecule has 0 heterocycles. The Hall–Kier alpha value is -2.38. The van der Waals surface area contributed by atoms with Crippen molar-refractivity contribution in [3.63, 3.8) is 0 Å². The number of aliphatic imine (C=N–C) groups is 1. The molecule has 0 aliphatic heterocycles. The number of carboxylic acid groups (broad SMARTS) is 1. The lowest BCUT2D eigenvalue weighted by molar-refractivity contribution is -0.139. The molecular weight excluding hydrogens is 376 g/mol. The summed E-state index contributed by atoms with van der Waals surface area (Å²) in [7, 11) is 0. The van der Waals surface area contributed by atoms with Gasteiger partial charge >= 0.3 is 12.1 Å². The van der Waals surface area contributed by atoms with Gasteiger partial charge in [-0.25, -0.2) is 9.59 Å². The number of aliphatic carboxylic acids is 1. The Kier molecular flexibility index (Phi) is 8.41. The van der Waals surface area contributed by atoms with Crippen LogP contribution in [0.1, 0.15) is 73.6 Å². The van der Waals surface area contributed by atoms with Crippen LogP contribution in [0.2, 0.25) is 0 Å². The molecule has 0 aromatic heterocycles. The lowest BCUT2D eigenvalue weighted by Gasteiger charge is -2.29.